The van der Waals surface area contributed by atoms with Crippen LogP contribution in [0.25, 0.3) is 0 Å². The predicted octanol–water partition coefficient (Wildman–Crippen LogP) is 2.69. The molecule has 0 heterocycles. The average molecular weight is 254 g/mol. The molecule has 1 saturated carbocycles. The molecule has 1 aliphatic carbocycles. The van der Waals surface area contributed by atoms with Crippen molar-refractivity contribution < 1.29 is 4.79 Å². The second-order valence-electron chi connectivity index (χ2n) is 6.65. The molecule has 1 unspecified atom stereocenters. The fourth-order valence-electron chi connectivity index (χ4n) is 2.91. The van der Waals surface area contributed by atoms with Crippen LogP contribution in [0.5, 0.6) is 0 Å². The van der Waals surface area contributed by atoms with Crippen molar-refractivity contribution in [1.82, 2.24) is 5.32 Å². The van der Waals surface area contributed by atoms with Gasteiger partial charge >= 0.3 is 0 Å². The minimum absolute atomic E-state index is 0.0165. The third kappa shape index (κ3) is 4.97. The van der Waals surface area contributed by atoms with E-state index in [0.29, 0.717) is 17.9 Å². The van der Waals surface area contributed by atoms with E-state index < -0.39 is 0 Å². The molecule has 0 aliphatic heterocycles. The quantitative estimate of drug-likeness (QED) is 0.765. The van der Waals surface area contributed by atoms with Gasteiger partial charge in [-0.3, -0.25) is 4.79 Å². The molecule has 0 aromatic rings. The van der Waals surface area contributed by atoms with E-state index in [1.807, 2.05) is 0 Å². The zero-order chi connectivity index (χ0) is 13.6. The molecule has 1 amide bonds. The highest BCUT2D eigenvalue weighted by Gasteiger charge is 2.28. The Bertz CT molecular complexity index is 257. The number of carbonyl (C=O) groups excluding carboxylic acids is 1. The smallest absolute Gasteiger partial charge is 0.224 e. The van der Waals surface area contributed by atoms with Crippen LogP contribution in [0.1, 0.15) is 59.3 Å². The normalized spacial score (nSPS) is 20.7. The molecule has 0 bridgehead atoms. The number of amides is 1. The van der Waals surface area contributed by atoms with Crippen LogP contribution >= 0.6 is 0 Å². The Morgan fingerprint density at radius 1 is 1.28 bits per heavy atom. The molecule has 0 aromatic carbocycles. The largest absolute Gasteiger partial charge is 0.355 e. The van der Waals surface area contributed by atoms with Crippen molar-refractivity contribution in [2.45, 2.75) is 59.3 Å². The summed E-state index contributed by atoms with van der Waals surface area (Å²) in [6.07, 6.45) is 7.33. The van der Waals surface area contributed by atoms with Crippen molar-refractivity contribution in [2.75, 3.05) is 13.1 Å². The summed E-state index contributed by atoms with van der Waals surface area (Å²) >= 11 is 0. The Balaban J connectivity index is 2.38. The summed E-state index contributed by atoms with van der Waals surface area (Å²) < 4.78 is 0. The third-order valence-corrected chi connectivity index (χ3v) is 4.16. The fraction of sp³-hybridized carbons (Fsp3) is 0.933. The van der Waals surface area contributed by atoms with Gasteiger partial charge in [-0.05, 0) is 30.6 Å². The maximum atomic E-state index is 12.1. The molecule has 1 atom stereocenters. The first kappa shape index (κ1) is 15.5. The molecule has 3 nitrogen and oxygen atoms in total. The maximum Gasteiger partial charge on any atom is 0.224 e. The lowest BCUT2D eigenvalue weighted by Crippen LogP contribution is -2.42. The van der Waals surface area contributed by atoms with E-state index in [-0.39, 0.29) is 11.8 Å². The lowest BCUT2D eigenvalue weighted by atomic mass is 9.75. The van der Waals surface area contributed by atoms with Crippen molar-refractivity contribution in [3.63, 3.8) is 0 Å². The zero-order valence-corrected chi connectivity index (χ0v) is 12.3. The number of nitrogens with one attached hydrogen (secondary N) is 1. The molecule has 0 saturated heterocycles. The van der Waals surface area contributed by atoms with Crippen LogP contribution < -0.4 is 11.1 Å². The highest BCUT2D eigenvalue weighted by Crippen LogP contribution is 2.34. The Hall–Kier alpha value is -0.570. The van der Waals surface area contributed by atoms with E-state index >= 15 is 0 Å². The Kier molecular flexibility index (Phi) is 6.13. The molecule has 1 rings (SSSR count). The van der Waals surface area contributed by atoms with Gasteiger partial charge in [-0.2, -0.15) is 0 Å². The van der Waals surface area contributed by atoms with Gasteiger partial charge in [0.2, 0.25) is 5.91 Å². The van der Waals surface area contributed by atoms with Crippen LogP contribution in [0.2, 0.25) is 0 Å². The Labute approximate surface area is 112 Å². The average Bonchev–Trinajstić information content (AvgIpc) is 2.34. The number of carbonyl (C=O) groups is 1. The van der Waals surface area contributed by atoms with Crippen LogP contribution in [0, 0.1) is 17.3 Å². The molecular weight excluding hydrogens is 224 g/mol. The van der Waals surface area contributed by atoms with Crippen LogP contribution in [0.15, 0.2) is 0 Å². The number of hydrogen-bond acceptors (Lipinski definition) is 2. The first-order valence-corrected chi connectivity index (χ1v) is 7.44. The summed E-state index contributed by atoms with van der Waals surface area (Å²) in [6, 6.07) is 0. The summed E-state index contributed by atoms with van der Waals surface area (Å²) in [7, 11) is 0. The lowest BCUT2D eigenvalue weighted by Gasteiger charge is -2.34. The van der Waals surface area contributed by atoms with Crippen LogP contribution in [-0.2, 0) is 4.79 Å². The minimum Gasteiger partial charge on any atom is -0.355 e. The SMILES string of the molecule is CC(C)CC(CN)C(=O)NCC1(C)CCCCC1. The number of hydrogen-bond donors (Lipinski definition) is 2. The van der Waals surface area contributed by atoms with Gasteiger partial charge in [0.1, 0.15) is 0 Å². The molecule has 3 N–H and O–H groups in total. The van der Waals surface area contributed by atoms with Crippen molar-refractivity contribution in [3.8, 4) is 0 Å². The van der Waals surface area contributed by atoms with Gasteiger partial charge < -0.3 is 11.1 Å². The highest BCUT2D eigenvalue weighted by molar-refractivity contribution is 5.78. The molecular formula is C15H30N2O. The Morgan fingerprint density at radius 2 is 1.89 bits per heavy atom. The van der Waals surface area contributed by atoms with Gasteiger partial charge in [0.25, 0.3) is 0 Å². The van der Waals surface area contributed by atoms with E-state index in [9.17, 15) is 4.79 Å². The van der Waals surface area contributed by atoms with Gasteiger partial charge in [0, 0.05) is 13.1 Å². The monoisotopic (exact) mass is 254 g/mol. The molecule has 106 valence electrons. The first-order chi connectivity index (χ1) is 8.47. The highest BCUT2D eigenvalue weighted by atomic mass is 16.1. The minimum atomic E-state index is -0.0165. The molecule has 18 heavy (non-hydrogen) atoms. The molecule has 1 aliphatic rings. The van der Waals surface area contributed by atoms with E-state index in [4.69, 9.17) is 5.73 Å². The standard InChI is InChI=1S/C15H30N2O/c1-12(2)9-13(10-16)14(18)17-11-15(3)7-5-4-6-8-15/h12-13H,4-11,16H2,1-3H3,(H,17,18). The summed E-state index contributed by atoms with van der Waals surface area (Å²) in [4.78, 5) is 12.1. The lowest BCUT2D eigenvalue weighted by molar-refractivity contribution is -0.125. The Morgan fingerprint density at radius 3 is 2.39 bits per heavy atom. The van der Waals surface area contributed by atoms with Gasteiger partial charge in [-0.1, -0.05) is 40.0 Å². The molecule has 0 radical (unpaired) electrons. The molecule has 0 spiro atoms. The zero-order valence-electron chi connectivity index (χ0n) is 12.3. The maximum absolute atomic E-state index is 12.1. The second kappa shape index (κ2) is 7.13. The van der Waals surface area contributed by atoms with Crippen molar-refractivity contribution in [1.29, 1.82) is 0 Å². The topological polar surface area (TPSA) is 55.1 Å². The van der Waals surface area contributed by atoms with Gasteiger partial charge in [-0.25, -0.2) is 0 Å². The summed E-state index contributed by atoms with van der Waals surface area (Å²) in [6.45, 7) is 7.85. The third-order valence-electron chi connectivity index (χ3n) is 4.16. The van der Waals surface area contributed by atoms with Crippen molar-refractivity contribution >= 4 is 5.91 Å². The van der Waals surface area contributed by atoms with Gasteiger partial charge in [0.15, 0.2) is 0 Å². The van der Waals surface area contributed by atoms with Crippen LogP contribution in [-0.4, -0.2) is 19.0 Å². The van der Waals surface area contributed by atoms with Gasteiger partial charge in [0.05, 0.1) is 5.92 Å². The van der Waals surface area contributed by atoms with Crippen LogP contribution in [0.4, 0.5) is 0 Å². The van der Waals surface area contributed by atoms with Crippen molar-refractivity contribution in [2.24, 2.45) is 23.0 Å². The summed E-state index contributed by atoms with van der Waals surface area (Å²) in [5, 5.41) is 3.13. The first-order valence-electron chi connectivity index (χ1n) is 7.44. The molecule has 3 heteroatoms. The molecule has 1 fully saturated rings. The molecule has 0 aromatic heterocycles. The second-order valence-corrected chi connectivity index (χ2v) is 6.65. The van der Waals surface area contributed by atoms with Gasteiger partial charge in [-0.15, -0.1) is 0 Å². The summed E-state index contributed by atoms with van der Waals surface area (Å²) in [5.74, 6) is 0.657. The predicted molar refractivity (Wildman–Crippen MR) is 76.2 cm³/mol. The fourth-order valence-corrected chi connectivity index (χ4v) is 2.91. The van der Waals surface area contributed by atoms with E-state index in [2.05, 4.69) is 26.1 Å². The number of rotatable bonds is 6. The van der Waals surface area contributed by atoms with E-state index in [0.717, 1.165) is 13.0 Å². The number of nitrogens with two attached hydrogens (primary N) is 1. The van der Waals surface area contributed by atoms with E-state index in [1.165, 1.54) is 32.1 Å². The summed E-state index contributed by atoms with van der Waals surface area (Å²) in [5.41, 5.74) is 6.01. The van der Waals surface area contributed by atoms with Crippen molar-refractivity contribution in [3.05, 3.63) is 0 Å². The van der Waals surface area contributed by atoms with Crippen LogP contribution in [0.3, 0.4) is 0 Å². The van der Waals surface area contributed by atoms with E-state index in [1.54, 1.807) is 0 Å².